The molecule has 0 fully saturated rings. The normalized spacial score (nSPS) is 11.4. The maximum atomic E-state index is 4.39. The molecular weight excluding hydrogens is 324 g/mol. The summed E-state index contributed by atoms with van der Waals surface area (Å²) in [6.07, 6.45) is 5.43. The van der Waals surface area contributed by atoms with Gasteiger partial charge in [0, 0.05) is 45.8 Å². The topological polar surface area (TPSA) is 58.3 Å². The quantitative estimate of drug-likeness (QED) is 0.569. The summed E-state index contributed by atoms with van der Waals surface area (Å²) in [5.74, 6) is 1.65. The molecule has 1 N–H and O–H groups in total. The van der Waals surface area contributed by atoms with E-state index in [2.05, 4.69) is 56.5 Å². The van der Waals surface area contributed by atoms with Crippen molar-refractivity contribution < 1.29 is 0 Å². The molecule has 0 radical (unpaired) electrons. The van der Waals surface area contributed by atoms with E-state index in [1.165, 1.54) is 11.1 Å². The highest BCUT2D eigenvalue weighted by molar-refractivity contribution is 5.79. The number of pyridine rings is 1. The Morgan fingerprint density at radius 1 is 1.15 bits per heavy atom. The van der Waals surface area contributed by atoms with Gasteiger partial charge in [-0.2, -0.15) is 5.10 Å². The van der Waals surface area contributed by atoms with Gasteiger partial charge in [0.1, 0.15) is 0 Å². The Labute approximate surface area is 154 Å². The Morgan fingerprint density at radius 2 is 1.96 bits per heavy atom. The Balaban J connectivity index is 1.62. The van der Waals surface area contributed by atoms with Crippen LogP contribution >= 0.6 is 0 Å². The molecule has 3 aromatic rings. The van der Waals surface area contributed by atoms with Crippen LogP contribution in [0.2, 0.25) is 0 Å². The average Bonchev–Trinajstić information content (AvgIpc) is 3.19. The van der Waals surface area contributed by atoms with E-state index in [1.54, 1.807) is 24.1 Å². The van der Waals surface area contributed by atoms with Gasteiger partial charge in [0.25, 0.3) is 0 Å². The molecule has 2 heterocycles. The zero-order valence-electron chi connectivity index (χ0n) is 15.4. The van der Waals surface area contributed by atoms with E-state index in [1.807, 2.05) is 31.4 Å². The smallest absolute Gasteiger partial charge is 0.193 e. The van der Waals surface area contributed by atoms with Crippen LogP contribution in [0, 0.1) is 6.92 Å². The van der Waals surface area contributed by atoms with Gasteiger partial charge in [0.05, 0.1) is 0 Å². The van der Waals surface area contributed by atoms with E-state index in [9.17, 15) is 0 Å². The second-order valence-electron chi connectivity index (χ2n) is 6.22. The predicted octanol–water partition coefficient (Wildman–Crippen LogP) is 2.78. The Kier molecular flexibility index (Phi) is 5.63. The molecule has 0 atom stereocenters. The van der Waals surface area contributed by atoms with Crippen LogP contribution in [0.3, 0.4) is 0 Å². The van der Waals surface area contributed by atoms with E-state index in [-0.39, 0.29) is 0 Å². The third-order valence-corrected chi connectivity index (χ3v) is 4.11. The summed E-state index contributed by atoms with van der Waals surface area (Å²) in [5.41, 5.74) is 3.64. The minimum atomic E-state index is 0.668. The van der Waals surface area contributed by atoms with Crippen LogP contribution in [0.4, 0.5) is 0 Å². The second-order valence-corrected chi connectivity index (χ2v) is 6.22. The lowest BCUT2D eigenvalue weighted by Gasteiger charge is -2.22. The largest absolute Gasteiger partial charge is 0.352 e. The number of rotatable bonds is 5. The van der Waals surface area contributed by atoms with Crippen molar-refractivity contribution in [3.8, 4) is 5.82 Å². The summed E-state index contributed by atoms with van der Waals surface area (Å²) in [7, 11) is 3.84. The summed E-state index contributed by atoms with van der Waals surface area (Å²) in [5, 5.41) is 7.63. The van der Waals surface area contributed by atoms with Crippen LogP contribution in [-0.2, 0) is 13.1 Å². The fourth-order valence-corrected chi connectivity index (χ4v) is 2.71. The molecule has 0 aliphatic heterocycles. The van der Waals surface area contributed by atoms with Crippen molar-refractivity contribution in [1.82, 2.24) is 25.0 Å². The molecule has 0 bridgehead atoms. The van der Waals surface area contributed by atoms with Crippen LogP contribution in [0.5, 0.6) is 0 Å². The first-order valence-corrected chi connectivity index (χ1v) is 8.58. The van der Waals surface area contributed by atoms with Gasteiger partial charge in [-0.3, -0.25) is 4.99 Å². The van der Waals surface area contributed by atoms with Crippen LogP contribution < -0.4 is 5.32 Å². The zero-order chi connectivity index (χ0) is 18.4. The molecule has 26 heavy (non-hydrogen) atoms. The Hall–Kier alpha value is -3.15. The maximum Gasteiger partial charge on any atom is 0.193 e. The Bertz CT molecular complexity index is 852. The number of hydrogen-bond donors (Lipinski definition) is 1. The molecule has 0 aliphatic rings. The summed E-state index contributed by atoms with van der Waals surface area (Å²) >= 11 is 0. The number of benzene rings is 1. The minimum absolute atomic E-state index is 0.668. The third kappa shape index (κ3) is 4.47. The van der Waals surface area contributed by atoms with Crippen LogP contribution in [-0.4, -0.2) is 39.7 Å². The van der Waals surface area contributed by atoms with Crippen molar-refractivity contribution in [3.05, 3.63) is 77.7 Å². The minimum Gasteiger partial charge on any atom is -0.352 e. The molecule has 2 aromatic heterocycles. The summed E-state index contributed by atoms with van der Waals surface area (Å²) in [4.78, 5) is 10.9. The molecule has 0 amide bonds. The van der Waals surface area contributed by atoms with Crippen LogP contribution in [0.25, 0.3) is 5.82 Å². The first-order chi connectivity index (χ1) is 12.7. The molecule has 0 saturated carbocycles. The van der Waals surface area contributed by atoms with E-state index in [0.29, 0.717) is 6.54 Å². The standard InChI is InChI=1S/C20H24N6/c1-16-5-7-17(8-6-16)15-25(3)20(21-2)23-14-18-9-11-22-19(13-18)26-12-4-10-24-26/h4-13H,14-15H2,1-3H3,(H,21,23). The molecule has 0 spiro atoms. The number of hydrogen-bond acceptors (Lipinski definition) is 3. The van der Waals surface area contributed by atoms with E-state index < -0.39 is 0 Å². The molecule has 3 rings (SSSR count). The number of guanidine groups is 1. The van der Waals surface area contributed by atoms with Gasteiger partial charge in [-0.25, -0.2) is 9.67 Å². The highest BCUT2D eigenvalue weighted by Crippen LogP contribution is 2.08. The predicted molar refractivity (Wildman–Crippen MR) is 104 cm³/mol. The van der Waals surface area contributed by atoms with Crippen molar-refractivity contribution in [2.75, 3.05) is 14.1 Å². The highest BCUT2D eigenvalue weighted by Gasteiger charge is 2.07. The van der Waals surface area contributed by atoms with E-state index in [0.717, 1.165) is 23.9 Å². The molecule has 0 unspecified atom stereocenters. The van der Waals surface area contributed by atoms with Gasteiger partial charge in [0.2, 0.25) is 0 Å². The molecule has 0 aliphatic carbocycles. The number of aliphatic imine (C=N–C) groups is 1. The van der Waals surface area contributed by atoms with Gasteiger partial charge in [-0.1, -0.05) is 29.8 Å². The van der Waals surface area contributed by atoms with Crippen LogP contribution in [0.1, 0.15) is 16.7 Å². The molecule has 6 nitrogen and oxygen atoms in total. The Morgan fingerprint density at radius 3 is 2.65 bits per heavy atom. The van der Waals surface area contributed by atoms with Crippen molar-refractivity contribution in [2.24, 2.45) is 4.99 Å². The van der Waals surface area contributed by atoms with Gasteiger partial charge in [0.15, 0.2) is 11.8 Å². The first-order valence-electron chi connectivity index (χ1n) is 8.58. The monoisotopic (exact) mass is 348 g/mol. The van der Waals surface area contributed by atoms with Gasteiger partial charge in [-0.05, 0) is 36.2 Å². The lowest BCUT2D eigenvalue weighted by molar-refractivity contribution is 0.476. The second kappa shape index (κ2) is 8.29. The third-order valence-electron chi connectivity index (χ3n) is 4.11. The number of nitrogens with one attached hydrogen (secondary N) is 1. The molecule has 134 valence electrons. The number of aromatic nitrogens is 3. The molecule has 0 saturated heterocycles. The molecular formula is C20H24N6. The molecule has 6 heteroatoms. The van der Waals surface area contributed by atoms with E-state index in [4.69, 9.17) is 0 Å². The van der Waals surface area contributed by atoms with Crippen molar-refractivity contribution in [3.63, 3.8) is 0 Å². The van der Waals surface area contributed by atoms with Crippen molar-refractivity contribution in [2.45, 2.75) is 20.0 Å². The summed E-state index contributed by atoms with van der Waals surface area (Å²) in [6, 6.07) is 14.5. The average molecular weight is 348 g/mol. The van der Waals surface area contributed by atoms with Crippen molar-refractivity contribution in [1.29, 1.82) is 0 Å². The van der Waals surface area contributed by atoms with Crippen molar-refractivity contribution >= 4 is 5.96 Å². The van der Waals surface area contributed by atoms with Gasteiger partial charge in [-0.15, -0.1) is 0 Å². The van der Waals surface area contributed by atoms with Gasteiger partial charge < -0.3 is 10.2 Å². The zero-order valence-corrected chi connectivity index (χ0v) is 15.4. The number of aryl methyl sites for hydroxylation is 1. The number of nitrogens with zero attached hydrogens (tertiary/aromatic N) is 5. The maximum absolute atomic E-state index is 4.39. The molecule has 1 aromatic carbocycles. The fraction of sp³-hybridized carbons (Fsp3) is 0.250. The first kappa shape index (κ1) is 17.7. The highest BCUT2D eigenvalue weighted by atomic mass is 15.3. The summed E-state index contributed by atoms with van der Waals surface area (Å²) < 4.78 is 1.75. The van der Waals surface area contributed by atoms with E-state index >= 15 is 0 Å². The fourth-order valence-electron chi connectivity index (χ4n) is 2.71. The lowest BCUT2D eigenvalue weighted by atomic mass is 10.1. The SMILES string of the molecule is CN=C(NCc1ccnc(-n2cccn2)c1)N(C)Cc1ccc(C)cc1. The summed E-state index contributed by atoms with van der Waals surface area (Å²) in [6.45, 7) is 3.57. The lowest BCUT2D eigenvalue weighted by Crippen LogP contribution is -2.38. The van der Waals surface area contributed by atoms with Crippen LogP contribution in [0.15, 0.2) is 66.0 Å². The van der Waals surface area contributed by atoms with Gasteiger partial charge >= 0.3 is 0 Å².